The number of amides is 1. The van der Waals surface area contributed by atoms with Crippen molar-refractivity contribution < 1.29 is 19.1 Å². The number of carbonyl (C=O) groups excluding carboxylic acids is 2. The molecule has 1 aromatic heterocycles. The largest absolute Gasteiger partial charge is 0.495 e. The lowest BCUT2D eigenvalue weighted by Crippen LogP contribution is -2.49. The molecule has 1 aromatic carbocycles. The number of anilines is 1. The third-order valence-corrected chi connectivity index (χ3v) is 6.99. The molecule has 1 aliphatic rings. The number of aromatic nitrogens is 2. The predicted octanol–water partition coefficient (Wildman–Crippen LogP) is 5.32. The van der Waals surface area contributed by atoms with E-state index in [2.05, 4.69) is 16.6 Å². The minimum absolute atomic E-state index is 0.0496. The van der Waals surface area contributed by atoms with Crippen LogP contribution in [0, 0.1) is 6.92 Å². The van der Waals surface area contributed by atoms with Crippen LogP contribution in [-0.2, 0) is 20.9 Å². The van der Waals surface area contributed by atoms with Crippen molar-refractivity contribution in [3.05, 3.63) is 70.0 Å². The van der Waals surface area contributed by atoms with E-state index in [1.165, 1.54) is 0 Å². The van der Waals surface area contributed by atoms with Crippen LogP contribution in [0.3, 0.4) is 0 Å². The second kappa shape index (κ2) is 13.5. The molecule has 10 heteroatoms. The smallest absolute Gasteiger partial charge is 0.338 e. The van der Waals surface area contributed by atoms with Gasteiger partial charge in [-0.05, 0) is 44.1 Å². The highest BCUT2D eigenvalue weighted by Gasteiger charge is 2.24. The van der Waals surface area contributed by atoms with Crippen molar-refractivity contribution >= 4 is 46.3 Å². The molecule has 0 N–H and O–H groups in total. The summed E-state index contributed by atoms with van der Waals surface area (Å²) in [5.74, 6) is 0.125. The van der Waals surface area contributed by atoms with Gasteiger partial charge in [0.05, 0.1) is 35.0 Å². The van der Waals surface area contributed by atoms with Gasteiger partial charge in [-0.2, -0.15) is 5.10 Å². The predicted molar refractivity (Wildman–Crippen MR) is 152 cm³/mol. The number of esters is 1. The summed E-state index contributed by atoms with van der Waals surface area (Å²) in [6.45, 7) is 12.4. The molecule has 0 aliphatic carbocycles. The maximum absolute atomic E-state index is 13.1. The Morgan fingerprint density at radius 3 is 2.50 bits per heavy atom. The fraction of sp³-hybridized carbons (Fsp3) is 0.393. The number of ether oxygens (including phenoxy) is 2. The molecule has 1 fully saturated rings. The molecule has 0 atom stereocenters. The topological polar surface area (TPSA) is 76.9 Å². The number of hydrogen-bond donors (Lipinski definition) is 0. The van der Waals surface area contributed by atoms with Crippen molar-refractivity contribution in [1.82, 2.24) is 14.7 Å². The number of nitrogens with zero attached hydrogens (tertiary/aromatic N) is 4. The Kier molecular flexibility index (Phi) is 10.4. The summed E-state index contributed by atoms with van der Waals surface area (Å²) < 4.78 is 12.1. The van der Waals surface area contributed by atoms with Gasteiger partial charge >= 0.3 is 5.97 Å². The molecule has 1 saturated heterocycles. The number of methoxy groups -OCH3 is 1. The molecule has 0 bridgehead atoms. The molecule has 0 saturated carbocycles. The highest BCUT2D eigenvalue weighted by molar-refractivity contribution is 6.33. The first-order valence-electron chi connectivity index (χ1n) is 12.5. The van der Waals surface area contributed by atoms with Crippen molar-refractivity contribution in [3.8, 4) is 5.75 Å². The van der Waals surface area contributed by atoms with E-state index in [0.717, 1.165) is 12.1 Å². The molecular formula is C28H34Cl2N4O4. The SMILES string of the molecule is C=C(/C=C(\C=C\CC)C(=O)OCC)c1nn(CC(=O)N2CCN(c3ccc(Cl)c(OC)c3)CC2)c(C)c1Cl. The average Bonchev–Trinajstić information content (AvgIpc) is 3.20. The molecule has 0 spiro atoms. The standard InChI is InChI=1S/C28H34Cl2N4O4/c1-6-8-9-21(28(36)38-7-2)16-19(3)27-26(30)20(4)34(31-27)18-25(35)33-14-12-32(13-15-33)22-10-11-23(29)24(17-22)37-5/h8-11,16-17H,3,6-7,12-15,18H2,1-2,4-5H3/b9-8+,21-16+. The normalized spacial score (nSPS) is 14.2. The second-order valence-corrected chi connectivity index (χ2v) is 9.53. The van der Waals surface area contributed by atoms with Crippen LogP contribution < -0.4 is 9.64 Å². The first-order valence-corrected chi connectivity index (χ1v) is 13.3. The van der Waals surface area contributed by atoms with Gasteiger partial charge in [0.2, 0.25) is 5.91 Å². The van der Waals surface area contributed by atoms with Gasteiger partial charge in [-0.15, -0.1) is 0 Å². The number of rotatable bonds is 10. The van der Waals surface area contributed by atoms with Crippen LogP contribution in [0.1, 0.15) is 31.7 Å². The molecule has 204 valence electrons. The maximum atomic E-state index is 13.1. The third kappa shape index (κ3) is 6.99. The van der Waals surface area contributed by atoms with Gasteiger partial charge < -0.3 is 19.3 Å². The van der Waals surface area contributed by atoms with Crippen molar-refractivity contribution in [2.75, 3.05) is 44.8 Å². The van der Waals surface area contributed by atoms with E-state index < -0.39 is 5.97 Å². The van der Waals surface area contributed by atoms with Crippen LogP contribution in [0.5, 0.6) is 5.75 Å². The number of piperazine rings is 1. The summed E-state index contributed by atoms with van der Waals surface area (Å²) in [4.78, 5) is 29.5. The molecule has 1 amide bonds. The molecule has 0 radical (unpaired) electrons. The number of carbonyl (C=O) groups is 2. The number of benzene rings is 1. The highest BCUT2D eigenvalue weighted by atomic mass is 35.5. The van der Waals surface area contributed by atoms with Crippen LogP contribution in [0.4, 0.5) is 5.69 Å². The first kappa shape index (κ1) is 29.3. The van der Waals surface area contributed by atoms with E-state index >= 15 is 0 Å². The van der Waals surface area contributed by atoms with Crippen LogP contribution in [0.25, 0.3) is 5.57 Å². The fourth-order valence-electron chi connectivity index (χ4n) is 4.06. The van der Waals surface area contributed by atoms with Crippen molar-refractivity contribution in [2.24, 2.45) is 0 Å². The van der Waals surface area contributed by atoms with E-state index in [-0.39, 0.29) is 19.1 Å². The quantitative estimate of drug-likeness (QED) is 0.222. The summed E-state index contributed by atoms with van der Waals surface area (Å²) in [5.41, 5.74) is 2.89. The Bertz CT molecular complexity index is 1240. The van der Waals surface area contributed by atoms with E-state index in [9.17, 15) is 9.59 Å². The van der Waals surface area contributed by atoms with E-state index in [1.807, 2.05) is 36.1 Å². The maximum Gasteiger partial charge on any atom is 0.338 e. The van der Waals surface area contributed by atoms with Crippen LogP contribution in [0.2, 0.25) is 10.0 Å². The number of allylic oxidation sites excluding steroid dienone is 3. The van der Waals surface area contributed by atoms with Crippen molar-refractivity contribution in [2.45, 2.75) is 33.7 Å². The summed E-state index contributed by atoms with van der Waals surface area (Å²) in [5, 5.41) is 5.51. The van der Waals surface area contributed by atoms with Crippen molar-refractivity contribution in [1.29, 1.82) is 0 Å². The van der Waals surface area contributed by atoms with Gasteiger partial charge in [0.1, 0.15) is 18.0 Å². The third-order valence-electron chi connectivity index (χ3n) is 6.23. The van der Waals surface area contributed by atoms with Gasteiger partial charge in [-0.3, -0.25) is 9.48 Å². The Morgan fingerprint density at radius 1 is 1.16 bits per heavy atom. The fourth-order valence-corrected chi connectivity index (χ4v) is 4.51. The zero-order valence-electron chi connectivity index (χ0n) is 22.3. The first-order chi connectivity index (χ1) is 18.2. The Labute approximate surface area is 234 Å². The van der Waals surface area contributed by atoms with Gasteiger partial charge in [0.15, 0.2) is 0 Å². The van der Waals surface area contributed by atoms with Gasteiger partial charge in [0.25, 0.3) is 0 Å². The highest BCUT2D eigenvalue weighted by Crippen LogP contribution is 2.30. The monoisotopic (exact) mass is 560 g/mol. The minimum atomic E-state index is -0.447. The average molecular weight is 562 g/mol. The number of halogens is 2. The molecule has 1 aliphatic heterocycles. The summed E-state index contributed by atoms with van der Waals surface area (Å²) in [7, 11) is 1.59. The van der Waals surface area contributed by atoms with Gasteiger partial charge in [-0.1, -0.05) is 48.9 Å². The summed E-state index contributed by atoms with van der Waals surface area (Å²) >= 11 is 12.7. The van der Waals surface area contributed by atoms with E-state index in [4.69, 9.17) is 32.7 Å². The lowest BCUT2D eigenvalue weighted by Gasteiger charge is -2.36. The van der Waals surface area contributed by atoms with Crippen molar-refractivity contribution in [3.63, 3.8) is 0 Å². The minimum Gasteiger partial charge on any atom is -0.495 e. The van der Waals surface area contributed by atoms with E-state index in [0.29, 0.717) is 64.5 Å². The zero-order chi connectivity index (χ0) is 27.8. The molecule has 2 aromatic rings. The summed E-state index contributed by atoms with van der Waals surface area (Å²) in [6, 6.07) is 5.67. The molecule has 8 nitrogen and oxygen atoms in total. The van der Waals surface area contributed by atoms with Crippen LogP contribution in [-0.4, -0.2) is 66.5 Å². The van der Waals surface area contributed by atoms with Gasteiger partial charge in [0, 0.05) is 37.9 Å². The lowest BCUT2D eigenvalue weighted by molar-refractivity contribution is -0.138. The molecule has 0 unspecified atom stereocenters. The molecule has 38 heavy (non-hydrogen) atoms. The molecule has 3 rings (SSSR count). The van der Waals surface area contributed by atoms with E-state index in [1.54, 1.807) is 37.8 Å². The molecular weight excluding hydrogens is 527 g/mol. The van der Waals surface area contributed by atoms with Crippen LogP contribution in [0.15, 0.2) is 48.6 Å². The molecule has 2 heterocycles. The summed E-state index contributed by atoms with van der Waals surface area (Å²) in [6.07, 6.45) is 5.93. The Balaban J connectivity index is 1.69. The Morgan fingerprint density at radius 2 is 1.87 bits per heavy atom. The number of hydrogen-bond acceptors (Lipinski definition) is 6. The van der Waals surface area contributed by atoms with Gasteiger partial charge in [-0.25, -0.2) is 4.79 Å². The van der Waals surface area contributed by atoms with Crippen LogP contribution >= 0.6 is 23.2 Å². The zero-order valence-corrected chi connectivity index (χ0v) is 23.8. The second-order valence-electron chi connectivity index (χ2n) is 8.75. The lowest BCUT2D eigenvalue weighted by atomic mass is 10.1. The Hall–Kier alpha value is -3.23.